The molecule has 0 saturated heterocycles. The van der Waals surface area contributed by atoms with Crippen LogP contribution >= 0.6 is 11.6 Å². The van der Waals surface area contributed by atoms with E-state index in [-0.39, 0.29) is 51.7 Å². The molecule has 1 aromatic heterocycles. The Morgan fingerprint density at radius 2 is 1.68 bits per heavy atom. The standard InChI is InChI=1S/C19H14ClN3O8/c1-29-18-9-12(23(27)28)3-6-15(18)21-19(24)16-7-4-13(31-16)10-30-17-8-11(22(25)26)2-5-14(17)20/h2-9H,10H2,1H3,(H,21,24). The van der Waals surface area contributed by atoms with Crippen LogP contribution in [0.25, 0.3) is 0 Å². The first-order valence-corrected chi connectivity index (χ1v) is 8.95. The highest BCUT2D eigenvalue weighted by Crippen LogP contribution is 2.31. The number of amides is 1. The van der Waals surface area contributed by atoms with Crippen molar-refractivity contribution in [1.29, 1.82) is 0 Å². The Balaban J connectivity index is 1.68. The van der Waals surface area contributed by atoms with Crippen molar-refractivity contribution >= 4 is 34.6 Å². The summed E-state index contributed by atoms with van der Waals surface area (Å²) in [5.74, 6) is -0.203. The number of halogens is 1. The number of non-ortho nitro benzene ring substituents is 2. The molecule has 0 spiro atoms. The lowest BCUT2D eigenvalue weighted by atomic mass is 10.2. The number of ether oxygens (including phenoxy) is 2. The Bertz CT molecular complexity index is 1160. The molecule has 0 aliphatic rings. The average Bonchev–Trinajstić information content (AvgIpc) is 3.22. The molecule has 1 N–H and O–H groups in total. The van der Waals surface area contributed by atoms with Gasteiger partial charge in [-0.25, -0.2) is 0 Å². The quantitative estimate of drug-likeness (QED) is 0.389. The minimum atomic E-state index is -0.619. The van der Waals surface area contributed by atoms with Gasteiger partial charge in [0, 0.05) is 12.1 Å². The number of rotatable bonds is 8. The van der Waals surface area contributed by atoms with Gasteiger partial charge in [0.2, 0.25) is 0 Å². The summed E-state index contributed by atoms with van der Waals surface area (Å²) in [7, 11) is 1.32. The maximum absolute atomic E-state index is 12.4. The van der Waals surface area contributed by atoms with Crippen molar-refractivity contribution in [2.24, 2.45) is 0 Å². The Hall–Kier alpha value is -4.12. The molecule has 0 atom stereocenters. The summed E-state index contributed by atoms with van der Waals surface area (Å²) >= 11 is 5.98. The maximum atomic E-state index is 12.4. The first-order valence-electron chi connectivity index (χ1n) is 8.57. The normalized spacial score (nSPS) is 10.4. The van der Waals surface area contributed by atoms with E-state index in [1.54, 1.807) is 0 Å². The Labute approximate surface area is 179 Å². The molecule has 12 heteroatoms. The van der Waals surface area contributed by atoms with E-state index >= 15 is 0 Å². The number of carbonyl (C=O) groups excluding carboxylic acids is 1. The van der Waals surface area contributed by atoms with Crippen molar-refractivity contribution in [3.05, 3.63) is 85.3 Å². The summed E-state index contributed by atoms with van der Waals surface area (Å²) < 4.78 is 16.0. The lowest BCUT2D eigenvalue weighted by Crippen LogP contribution is -2.12. The second-order valence-corrected chi connectivity index (χ2v) is 6.43. The molecule has 1 heterocycles. The molecule has 11 nitrogen and oxygen atoms in total. The fraction of sp³-hybridized carbons (Fsp3) is 0.105. The molecule has 0 saturated carbocycles. The highest BCUT2D eigenvalue weighted by atomic mass is 35.5. The molecule has 0 aliphatic carbocycles. The number of furan rings is 1. The number of hydrogen-bond donors (Lipinski definition) is 1. The van der Waals surface area contributed by atoms with Crippen LogP contribution in [-0.4, -0.2) is 22.9 Å². The van der Waals surface area contributed by atoms with E-state index in [1.807, 2.05) is 0 Å². The lowest BCUT2D eigenvalue weighted by molar-refractivity contribution is -0.385. The molecule has 3 aromatic rings. The minimum absolute atomic E-state index is 0.0517. The van der Waals surface area contributed by atoms with E-state index in [0.29, 0.717) is 0 Å². The summed E-state index contributed by atoms with van der Waals surface area (Å²) in [6.07, 6.45) is 0. The second-order valence-electron chi connectivity index (χ2n) is 6.02. The molecule has 0 bridgehead atoms. The molecule has 0 aliphatic heterocycles. The average molecular weight is 448 g/mol. The number of benzene rings is 2. The van der Waals surface area contributed by atoms with Crippen LogP contribution < -0.4 is 14.8 Å². The molecule has 3 rings (SSSR count). The van der Waals surface area contributed by atoms with E-state index in [4.69, 9.17) is 25.5 Å². The Morgan fingerprint density at radius 3 is 2.32 bits per heavy atom. The third-order valence-corrected chi connectivity index (χ3v) is 4.34. The third kappa shape index (κ3) is 5.08. The summed E-state index contributed by atoms with van der Waals surface area (Å²) in [6, 6.07) is 10.4. The first-order chi connectivity index (χ1) is 14.8. The van der Waals surface area contributed by atoms with Gasteiger partial charge in [0.05, 0.1) is 39.8 Å². The van der Waals surface area contributed by atoms with E-state index in [2.05, 4.69) is 5.32 Å². The zero-order valence-corrected chi connectivity index (χ0v) is 16.6. The predicted molar refractivity (Wildman–Crippen MR) is 109 cm³/mol. The summed E-state index contributed by atoms with van der Waals surface area (Å²) in [5.41, 5.74) is -0.154. The number of carbonyl (C=O) groups is 1. The second kappa shape index (κ2) is 9.13. The van der Waals surface area contributed by atoms with E-state index in [0.717, 1.165) is 0 Å². The smallest absolute Gasteiger partial charge is 0.291 e. The van der Waals surface area contributed by atoms with Gasteiger partial charge in [0.15, 0.2) is 5.76 Å². The topological polar surface area (TPSA) is 147 Å². The van der Waals surface area contributed by atoms with Crippen molar-refractivity contribution in [2.45, 2.75) is 6.61 Å². The van der Waals surface area contributed by atoms with Gasteiger partial charge in [0.25, 0.3) is 17.3 Å². The highest BCUT2D eigenvalue weighted by molar-refractivity contribution is 6.32. The van der Waals surface area contributed by atoms with Gasteiger partial charge in [-0.05, 0) is 24.3 Å². The number of anilines is 1. The van der Waals surface area contributed by atoms with E-state index in [9.17, 15) is 25.0 Å². The van der Waals surface area contributed by atoms with Crippen molar-refractivity contribution < 1.29 is 28.5 Å². The van der Waals surface area contributed by atoms with Gasteiger partial charge in [-0.3, -0.25) is 25.0 Å². The van der Waals surface area contributed by atoms with Gasteiger partial charge in [-0.1, -0.05) is 11.6 Å². The summed E-state index contributed by atoms with van der Waals surface area (Å²) in [5, 5.41) is 24.4. The zero-order valence-electron chi connectivity index (χ0n) is 15.9. The van der Waals surface area contributed by atoms with Gasteiger partial charge in [-0.15, -0.1) is 0 Å². The van der Waals surface area contributed by atoms with Gasteiger partial charge >= 0.3 is 0 Å². The van der Waals surface area contributed by atoms with Crippen molar-refractivity contribution in [3.63, 3.8) is 0 Å². The number of nitro benzene ring substituents is 2. The SMILES string of the molecule is COc1cc([N+](=O)[O-])ccc1NC(=O)c1ccc(COc2cc([N+](=O)[O-])ccc2Cl)o1. The predicted octanol–water partition coefficient (Wildman–Crippen LogP) is 4.59. The molecular formula is C19H14ClN3O8. The molecule has 0 unspecified atom stereocenters. The molecular weight excluding hydrogens is 434 g/mol. The lowest BCUT2D eigenvalue weighted by Gasteiger charge is -2.09. The Morgan fingerprint density at radius 1 is 1.03 bits per heavy atom. The van der Waals surface area contributed by atoms with E-state index < -0.39 is 15.8 Å². The van der Waals surface area contributed by atoms with Crippen LogP contribution in [0.3, 0.4) is 0 Å². The largest absolute Gasteiger partial charge is 0.494 e. The van der Waals surface area contributed by atoms with Crippen LogP contribution in [0, 0.1) is 20.2 Å². The van der Waals surface area contributed by atoms with Gasteiger partial charge in [-0.2, -0.15) is 0 Å². The first kappa shape index (κ1) is 21.6. The van der Waals surface area contributed by atoms with Crippen LogP contribution in [0.5, 0.6) is 11.5 Å². The number of nitrogens with zero attached hydrogens (tertiary/aromatic N) is 2. The highest BCUT2D eigenvalue weighted by Gasteiger charge is 2.17. The molecule has 31 heavy (non-hydrogen) atoms. The molecule has 0 radical (unpaired) electrons. The third-order valence-electron chi connectivity index (χ3n) is 4.03. The monoisotopic (exact) mass is 447 g/mol. The maximum Gasteiger partial charge on any atom is 0.291 e. The summed E-state index contributed by atoms with van der Waals surface area (Å²) in [6.45, 7) is -0.130. The fourth-order valence-corrected chi connectivity index (χ4v) is 2.70. The molecule has 0 fully saturated rings. The number of nitrogens with one attached hydrogen (secondary N) is 1. The Kier molecular flexibility index (Phi) is 6.36. The molecule has 1 amide bonds. The van der Waals surface area contributed by atoms with Crippen molar-refractivity contribution in [2.75, 3.05) is 12.4 Å². The van der Waals surface area contributed by atoms with Crippen LogP contribution in [0.4, 0.5) is 17.1 Å². The van der Waals surface area contributed by atoms with Crippen LogP contribution in [0.1, 0.15) is 16.3 Å². The molecule has 2 aromatic carbocycles. The fourth-order valence-electron chi connectivity index (χ4n) is 2.52. The number of nitro groups is 2. The molecule has 160 valence electrons. The van der Waals surface area contributed by atoms with Crippen LogP contribution in [0.2, 0.25) is 5.02 Å². The van der Waals surface area contributed by atoms with E-state index in [1.165, 1.54) is 55.6 Å². The number of methoxy groups -OCH3 is 1. The van der Waals surface area contributed by atoms with Crippen LogP contribution in [0.15, 0.2) is 52.9 Å². The van der Waals surface area contributed by atoms with Crippen molar-refractivity contribution in [1.82, 2.24) is 0 Å². The van der Waals surface area contributed by atoms with Crippen LogP contribution in [-0.2, 0) is 6.61 Å². The number of hydrogen-bond acceptors (Lipinski definition) is 8. The zero-order chi connectivity index (χ0) is 22.5. The minimum Gasteiger partial charge on any atom is -0.494 e. The van der Waals surface area contributed by atoms with Crippen molar-refractivity contribution in [3.8, 4) is 11.5 Å². The van der Waals surface area contributed by atoms with Gasteiger partial charge in [0.1, 0.15) is 23.9 Å². The van der Waals surface area contributed by atoms with Gasteiger partial charge < -0.3 is 19.2 Å². The summed E-state index contributed by atoms with van der Waals surface area (Å²) in [4.78, 5) is 33.0.